The summed E-state index contributed by atoms with van der Waals surface area (Å²) < 4.78 is 0. The van der Waals surface area contributed by atoms with E-state index in [-0.39, 0.29) is 0 Å². The Morgan fingerprint density at radius 3 is 1.37 bits per heavy atom. The molecule has 0 atom stereocenters. The molecule has 0 saturated carbocycles. The molecular weight excluding hydrogens is 725 g/mol. The standard InChI is InChI=1S/C58H36N2/c1-2-12-37(13-3-1)38-22-28-42(29-23-38)58-59-55(36-56(60-58)44-31-32-51-49-20-9-8-18-47(49)48-19-10-11-21-50(48)54(51)35-44)40-24-26-41(27-25-40)57-46-17-7-5-15-43(46)34-53-45-16-6-4-14-39(45)30-33-52(53)57/h1-36H. The second kappa shape index (κ2) is 13.9. The van der Waals surface area contributed by atoms with E-state index in [4.69, 9.17) is 9.97 Å². The van der Waals surface area contributed by atoms with Gasteiger partial charge < -0.3 is 0 Å². The molecule has 278 valence electrons. The number of benzene rings is 11. The number of fused-ring (bicyclic) bond motifs is 10. The molecule has 0 radical (unpaired) electrons. The molecule has 2 heteroatoms. The molecular formula is C58H36N2. The third-order valence-corrected chi connectivity index (χ3v) is 12.3. The summed E-state index contributed by atoms with van der Waals surface area (Å²) in [5, 5.41) is 15.0. The van der Waals surface area contributed by atoms with Crippen LogP contribution in [0.1, 0.15) is 0 Å². The van der Waals surface area contributed by atoms with Crippen LogP contribution in [0.25, 0.3) is 121 Å². The Kier molecular flexibility index (Phi) is 7.89. The summed E-state index contributed by atoms with van der Waals surface area (Å²) in [6.45, 7) is 0. The molecule has 1 aromatic heterocycles. The van der Waals surface area contributed by atoms with Crippen molar-refractivity contribution in [2.24, 2.45) is 0 Å². The van der Waals surface area contributed by atoms with Gasteiger partial charge in [-0.3, -0.25) is 0 Å². The molecule has 0 N–H and O–H groups in total. The van der Waals surface area contributed by atoms with Crippen LogP contribution < -0.4 is 0 Å². The van der Waals surface area contributed by atoms with E-state index in [0.29, 0.717) is 5.82 Å². The average molecular weight is 761 g/mol. The zero-order valence-electron chi connectivity index (χ0n) is 32.7. The minimum atomic E-state index is 0.696. The molecule has 0 unspecified atom stereocenters. The van der Waals surface area contributed by atoms with Gasteiger partial charge in [0.05, 0.1) is 11.4 Å². The van der Waals surface area contributed by atoms with Gasteiger partial charge in [0.25, 0.3) is 0 Å². The minimum Gasteiger partial charge on any atom is -0.228 e. The van der Waals surface area contributed by atoms with Crippen LogP contribution in [0.5, 0.6) is 0 Å². The van der Waals surface area contributed by atoms with E-state index < -0.39 is 0 Å². The van der Waals surface area contributed by atoms with Crippen molar-refractivity contribution in [2.75, 3.05) is 0 Å². The smallest absolute Gasteiger partial charge is 0.160 e. The summed E-state index contributed by atoms with van der Waals surface area (Å²) in [7, 11) is 0. The fourth-order valence-corrected chi connectivity index (χ4v) is 9.32. The molecule has 12 aromatic rings. The van der Waals surface area contributed by atoms with Gasteiger partial charge in [-0.1, -0.05) is 200 Å². The van der Waals surface area contributed by atoms with Crippen LogP contribution in [0, 0.1) is 0 Å². The molecule has 0 saturated heterocycles. The Morgan fingerprint density at radius 2 is 0.667 bits per heavy atom. The van der Waals surface area contributed by atoms with E-state index >= 15 is 0 Å². The minimum absolute atomic E-state index is 0.696. The van der Waals surface area contributed by atoms with Gasteiger partial charge in [0.1, 0.15) is 0 Å². The molecule has 12 rings (SSSR count). The number of rotatable bonds is 5. The molecule has 0 aliphatic heterocycles. The van der Waals surface area contributed by atoms with Crippen molar-refractivity contribution in [2.45, 2.75) is 0 Å². The quantitative estimate of drug-likeness (QED) is 0.129. The van der Waals surface area contributed by atoms with Crippen LogP contribution in [-0.4, -0.2) is 9.97 Å². The van der Waals surface area contributed by atoms with Crippen molar-refractivity contribution in [3.8, 4) is 56.2 Å². The van der Waals surface area contributed by atoms with Crippen molar-refractivity contribution < 1.29 is 0 Å². The van der Waals surface area contributed by atoms with Crippen LogP contribution in [0.2, 0.25) is 0 Å². The molecule has 0 aliphatic rings. The Morgan fingerprint density at radius 1 is 0.217 bits per heavy atom. The maximum Gasteiger partial charge on any atom is 0.160 e. The van der Waals surface area contributed by atoms with Gasteiger partial charge in [-0.25, -0.2) is 9.97 Å². The maximum absolute atomic E-state index is 5.30. The second-order valence-corrected chi connectivity index (χ2v) is 15.7. The normalized spacial score (nSPS) is 11.7. The predicted octanol–water partition coefficient (Wildman–Crippen LogP) is 15.7. The van der Waals surface area contributed by atoms with Crippen molar-refractivity contribution in [3.63, 3.8) is 0 Å². The molecule has 0 fully saturated rings. The Balaban J connectivity index is 1.03. The summed E-state index contributed by atoms with van der Waals surface area (Å²) in [6.07, 6.45) is 0. The Hall–Kier alpha value is -7.94. The van der Waals surface area contributed by atoms with E-state index in [1.54, 1.807) is 0 Å². The third kappa shape index (κ3) is 5.65. The topological polar surface area (TPSA) is 25.8 Å². The first-order valence-corrected chi connectivity index (χ1v) is 20.6. The molecule has 0 bridgehead atoms. The lowest BCUT2D eigenvalue weighted by Gasteiger charge is -2.15. The lowest BCUT2D eigenvalue weighted by atomic mass is 9.89. The lowest BCUT2D eigenvalue weighted by molar-refractivity contribution is 1.18. The molecule has 0 amide bonds. The van der Waals surface area contributed by atoms with Gasteiger partial charge in [-0.2, -0.15) is 0 Å². The summed E-state index contributed by atoms with van der Waals surface area (Å²) in [5.74, 6) is 0.696. The molecule has 11 aromatic carbocycles. The first-order chi connectivity index (χ1) is 29.7. The second-order valence-electron chi connectivity index (χ2n) is 15.7. The van der Waals surface area contributed by atoms with Crippen LogP contribution in [0.3, 0.4) is 0 Å². The molecule has 1 heterocycles. The van der Waals surface area contributed by atoms with E-state index in [0.717, 1.165) is 33.6 Å². The number of hydrogen-bond donors (Lipinski definition) is 0. The number of nitrogens with zero attached hydrogens (tertiary/aromatic N) is 2. The van der Waals surface area contributed by atoms with Crippen molar-refractivity contribution in [1.82, 2.24) is 9.97 Å². The van der Waals surface area contributed by atoms with E-state index in [1.165, 1.54) is 81.3 Å². The van der Waals surface area contributed by atoms with Gasteiger partial charge in [0, 0.05) is 16.7 Å². The maximum atomic E-state index is 5.30. The molecule has 2 nitrogen and oxygen atoms in total. The highest BCUT2D eigenvalue weighted by Gasteiger charge is 2.16. The van der Waals surface area contributed by atoms with E-state index in [2.05, 4.69) is 218 Å². The highest BCUT2D eigenvalue weighted by Crippen LogP contribution is 2.41. The van der Waals surface area contributed by atoms with Gasteiger partial charge in [0.2, 0.25) is 0 Å². The lowest BCUT2D eigenvalue weighted by Crippen LogP contribution is -1.96. The zero-order valence-corrected chi connectivity index (χ0v) is 32.7. The first kappa shape index (κ1) is 34.1. The van der Waals surface area contributed by atoms with Gasteiger partial charge >= 0.3 is 0 Å². The third-order valence-electron chi connectivity index (χ3n) is 12.3. The zero-order chi connectivity index (χ0) is 39.6. The van der Waals surface area contributed by atoms with Crippen molar-refractivity contribution in [3.05, 3.63) is 218 Å². The highest BCUT2D eigenvalue weighted by atomic mass is 14.9. The highest BCUT2D eigenvalue weighted by molar-refractivity contribution is 6.26. The summed E-state index contributed by atoms with van der Waals surface area (Å²) in [5.41, 5.74) is 9.60. The Bertz CT molecular complexity index is 3590. The largest absolute Gasteiger partial charge is 0.228 e. The van der Waals surface area contributed by atoms with Crippen LogP contribution >= 0.6 is 0 Å². The summed E-state index contributed by atoms with van der Waals surface area (Å²) in [4.78, 5) is 10.6. The SMILES string of the molecule is c1ccc(-c2ccc(-c3nc(-c4ccc(-c5c6ccccc6cc6c5ccc5ccccc56)cc4)cc(-c4ccc5c6ccccc6c6ccccc6c5c4)n3)cc2)cc1. The molecule has 0 aliphatic carbocycles. The van der Waals surface area contributed by atoms with Crippen LogP contribution in [-0.2, 0) is 0 Å². The monoisotopic (exact) mass is 760 g/mol. The first-order valence-electron chi connectivity index (χ1n) is 20.6. The van der Waals surface area contributed by atoms with E-state index in [1.807, 2.05) is 0 Å². The van der Waals surface area contributed by atoms with Gasteiger partial charge in [0.15, 0.2) is 5.82 Å². The Labute approximate surface area is 347 Å². The fraction of sp³-hybridized carbons (Fsp3) is 0. The number of aromatic nitrogens is 2. The van der Waals surface area contributed by atoms with Crippen LogP contribution in [0.15, 0.2) is 218 Å². The molecule has 0 spiro atoms. The summed E-state index contributed by atoms with van der Waals surface area (Å²) in [6, 6.07) is 78.8. The predicted molar refractivity (Wildman–Crippen MR) is 254 cm³/mol. The van der Waals surface area contributed by atoms with Gasteiger partial charge in [-0.15, -0.1) is 0 Å². The van der Waals surface area contributed by atoms with Crippen molar-refractivity contribution >= 4 is 64.6 Å². The van der Waals surface area contributed by atoms with Gasteiger partial charge in [-0.05, 0) is 105 Å². The van der Waals surface area contributed by atoms with Crippen molar-refractivity contribution in [1.29, 1.82) is 0 Å². The number of hydrogen-bond acceptors (Lipinski definition) is 2. The average Bonchev–Trinajstić information content (AvgIpc) is 3.33. The molecule has 60 heavy (non-hydrogen) atoms. The van der Waals surface area contributed by atoms with E-state index in [9.17, 15) is 0 Å². The fourth-order valence-electron chi connectivity index (χ4n) is 9.32. The summed E-state index contributed by atoms with van der Waals surface area (Å²) >= 11 is 0. The van der Waals surface area contributed by atoms with Crippen LogP contribution in [0.4, 0.5) is 0 Å².